The molecule has 2 nitrogen and oxygen atoms in total. The molecule has 3 heterocycles. The predicted octanol–water partition coefficient (Wildman–Crippen LogP) is 16.8. The van der Waals surface area contributed by atoms with E-state index >= 15 is 0 Å². The summed E-state index contributed by atoms with van der Waals surface area (Å²) < 4.78 is 9.30. The van der Waals surface area contributed by atoms with Gasteiger partial charge < -0.3 is 9.64 Å². The van der Waals surface area contributed by atoms with E-state index < -0.39 is 10.8 Å². The Kier molecular flexibility index (Phi) is 7.48. The fourth-order valence-corrected chi connectivity index (χ4v) is 14.8. The van der Waals surface area contributed by atoms with E-state index in [2.05, 4.69) is 229 Å². The first-order valence-corrected chi connectivity index (χ1v) is 24.3. The van der Waals surface area contributed by atoms with Crippen LogP contribution in [0.15, 0.2) is 234 Å². The van der Waals surface area contributed by atoms with Gasteiger partial charge in [-0.25, -0.2) is 0 Å². The lowest BCUT2D eigenvalue weighted by Crippen LogP contribution is -2.32. The first-order chi connectivity index (χ1) is 32.7. The topological polar surface area (TPSA) is 12.5 Å². The van der Waals surface area contributed by atoms with E-state index in [-0.39, 0.29) is 0 Å². The molecule has 2 aliphatic heterocycles. The molecule has 0 saturated heterocycles. The summed E-state index contributed by atoms with van der Waals surface area (Å²) in [4.78, 5) is 5.20. The Morgan fingerprint density at radius 2 is 0.879 bits per heavy atom. The molecule has 0 bridgehead atoms. The number of hydrogen-bond donors (Lipinski definition) is 0. The van der Waals surface area contributed by atoms with Crippen molar-refractivity contribution in [2.75, 3.05) is 4.90 Å². The highest BCUT2D eigenvalue weighted by Crippen LogP contribution is 2.66. The molecular formula is C62H37NOS2. The van der Waals surface area contributed by atoms with Gasteiger partial charge in [0.1, 0.15) is 11.5 Å². The monoisotopic (exact) mass is 875 g/mol. The smallest absolute Gasteiger partial charge is 0.132 e. The van der Waals surface area contributed by atoms with Gasteiger partial charge in [-0.1, -0.05) is 182 Å². The molecule has 4 heteroatoms. The third kappa shape index (κ3) is 4.57. The second-order valence-corrected chi connectivity index (χ2v) is 19.9. The standard InChI is InChI=1S/C62H37NOS2/c1-4-21-44-39(17-1)40-36-35-38(37-51(40)62(44)48-25-8-13-33-57(48)65-58-34-14-9-26-49(58)62)63(53-29-15-20-42-41-18-3-12-32-56(41)66-60(42)53)52-28-16-27-50-59(52)43-19-2-5-22-45(43)61(50)46-23-6-10-30-54(46)64-55-31-11-7-24-47(55)61/h1-37H. The second kappa shape index (κ2) is 13.5. The van der Waals surface area contributed by atoms with Crippen molar-refractivity contribution in [2.45, 2.75) is 20.6 Å². The van der Waals surface area contributed by atoms with Crippen LogP contribution in [0.4, 0.5) is 17.1 Å². The Balaban J connectivity index is 1.07. The van der Waals surface area contributed by atoms with Crippen molar-refractivity contribution < 1.29 is 4.74 Å². The summed E-state index contributed by atoms with van der Waals surface area (Å²) in [6.07, 6.45) is 0. The van der Waals surface area contributed by atoms with Gasteiger partial charge in [0.2, 0.25) is 0 Å². The van der Waals surface area contributed by atoms with Crippen molar-refractivity contribution in [3.63, 3.8) is 0 Å². The zero-order chi connectivity index (χ0) is 43.1. The van der Waals surface area contributed by atoms with Gasteiger partial charge in [0, 0.05) is 47.6 Å². The number of nitrogens with zero attached hydrogens (tertiary/aromatic N) is 1. The molecule has 10 aromatic carbocycles. The first-order valence-electron chi connectivity index (χ1n) is 22.7. The SMILES string of the molecule is c1ccc2c(c1)Oc1ccccc1C21c2ccccc2-c2c(N(c3ccc4c(c3)C3(c5ccccc5Sc5ccccc53)c3ccccc3-4)c3cccc4c3sc3ccccc34)cccc21. The summed E-state index contributed by atoms with van der Waals surface area (Å²) in [5, 5.41) is 2.56. The van der Waals surface area contributed by atoms with Gasteiger partial charge in [-0.3, -0.25) is 0 Å². The minimum Gasteiger partial charge on any atom is -0.457 e. The van der Waals surface area contributed by atoms with Crippen molar-refractivity contribution in [3.8, 4) is 33.8 Å². The predicted molar refractivity (Wildman–Crippen MR) is 273 cm³/mol. The fraction of sp³-hybridized carbons (Fsp3) is 0.0323. The van der Waals surface area contributed by atoms with Crippen LogP contribution in [-0.2, 0) is 10.8 Å². The fourth-order valence-electron chi connectivity index (χ4n) is 12.4. The van der Waals surface area contributed by atoms with Crippen molar-refractivity contribution in [1.82, 2.24) is 0 Å². The molecule has 0 unspecified atom stereocenters. The Hall–Kier alpha value is -7.63. The minimum atomic E-state index is -0.598. The lowest BCUT2D eigenvalue weighted by atomic mass is 9.66. The molecule has 11 aromatic rings. The minimum absolute atomic E-state index is 0.513. The average Bonchev–Trinajstić information content (AvgIpc) is 4.00. The number of thiophene rings is 1. The number of anilines is 3. The molecule has 0 atom stereocenters. The van der Waals surface area contributed by atoms with Crippen LogP contribution in [0.2, 0.25) is 0 Å². The Morgan fingerprint density at radius 1 is 0.364 bits per heavy atom. The van der Waals surface area contributed by atoms with E-state index in [0.29, 0.717) is 0 Å². The lowest BCUT2D eigenvalue weighted by molar-refractivity contribution is 0.436. The molecular weight excluding hydrogens is 839 g/mol. The Bertz CT molecular complexity index is 3790. The number of hydrogen-bond acceptors (Lipinski definition) is 4. The third-order valence-corrected chi connectivity index (χ3v) is 17.2. The van der Waals surface area contributed by atoms with Crippen LogP contribution in [0, 0.1) is 0 Å². The van der Waals surface area contributed by atoms with E-state index in [1.807, 2.05) is 23.1 Å². The van der Waals surface area contributed by atoms with Crippen LogP contribution in [-0.4, -0.2) is 0 Å². The Morgan fingerprint density at radius 3 is 1.62 bits per heavy atom. The number of rotatable bonds is 3. The van der Waals surface area contributed by atoms with Crippen LogP contribution < -0.4 is 9.64 Å². The van der Waals surface area contributed by atoms with E-state index in [0.717, 1.165) is 39.7 Å². The van der Waals surface area contributed by atoms with Gasteiger partial charge in [0.05, 0.1) is 26.9 Å². The van der Waals surface area contributed by atoms with E-state index in [1.165, 1.54) is 85.6 Å². The quantitative estimate of drug-likeness (QED) is 0.175. The molecule has 15 rings (SSSR count). The lowest BCUT2D eigenvalue weighted by Gasteiger charge is -2.40. The number of benzene rings is 10. The van der Waals surface area contributed by atoms with Gasteiger partial charge in [-0.15, -0.1) is 11.3 Å². The molecule has 308 valence electrons. The normalized spacial score (nSPS) is 14.7. The molecule has 4 aliphatic rings. The van der Waals surface area contributed by atoms with Crippen LogP contribution >= 0.6 is 23.1 Å². The van der Waals surface area contributed by atoms with Gasteiger partial charge in [0.25, 0.3) is 0 Å². The Labute approximate surface area is 391 Å². The summed E-state index contributed by atoms with van der Waals surface area (Å²) in [6, 6.07) is 83.8. The summed E-state index contributed by atoms with van der Waals surface area (Å²) >= 11 is 3.78. The molecule has 0 radical (unpaired) electrons. The highest BCUT2D eigenvalue weighted by atomic mass is 32.2. The van der Waals surface area contributed by atoms with Gasteiger partial charge >= 0.3 is 0 Å². The van der Waals surface area contributed by atoms with E-state index in [4.69, 9.17) is 4.74 Å². The number of fused-ring (bicyclic) bond motifs is 21. The first kappa shape index (κ1) is 36.7. The van der Waals surface area contributed by atoms with Crippen LogP contribution in [0.1, 0.15) is 44.5 Å². The maximum atomic E-state index is 6.75. The molecule has 0 N–H and O–H groups in total. The van der Waals surface area contributed by atoms with Crippen molar-refractivity contribution in [2.24, 2.45) is 0 Å². The molecule has 0 amide bonds. The maximum absolute atomic E-state index is 6.75. The highest BCUT2D eigenvalue weighted by molar-refractivity contribution is 7.99. The molecule has 1 aromatic heterocycles. The van der Waals surface area contributed by atoms with Crippen molar-refractivity contribution >= 4 is 60.3 Å². The average molecular weight is 876 g/mol. The maximum Gasteiger partial charge on any atom is 0.132 e. The van der Waals surface area contributed by atoms with Crippen molar-refractivity contribution in [3.05, 3.63) is 269 Å². The van der Waals surface area contributed by atoms with Crippen LogP contribution in [0.3, 0.4) is 0 Å². The van der Waals surface area contributed by atoms with Crippen LogP contribution in [0.5, 0.6) is 11.5 Å². The summed E-state index contributed by atoms with van der Waals surface area (Å²) in [5.41, 5.74) is 17.5. The van der Waals surface area contributed by atoms with Gasteiger partial charge in [-0.05, 0) is 105 Å². The second-order valence-electron chi connectivity index (χ2n) is 17.8. The van der Waals surface area contributed by atoms with E-state index in [1.54, 1.807) is 0 Å². The summed E-state index contributed by atoms with van der Waals surface area (Å²) in [5.74, 6) is 1.79. The van der Waals surface area contributed by atoms with Gasteiger partial charge in [0.15, 0.2) is 0 Å². The van der Waals surface area contributed by atoms with E-state index in [9.17, 15) is 0 Å². The van der Waals surface area contributed by atoms with Crippen LogP contribution in [0.25, 0.3) is 42.4 Å². The summed E-state index contributed by atoms with van der Waals surface area (Å²) in [7, 11) is 0. The third-order valence-electron chi connectivity index (χ3n) is 14.8. The number of para-hydroxylation sites is 2. The largest absolute Gasteiger partial charge is 0.457 e. The molecule has 2 spiro atoms. The number of ether oxygens (including phenoxy) is 1. The molecule has 0 fully saturated rings. The van der Waals surface area contributed by atoms with Crippen molar-refractivity contribution in [1.29, 1.82) is 0 Å². The summed E-state index contributed by atoms with van der Waals surface area (Å²) in [6.45, 7) is 0. The van der Waals surface area contributed by atoms with Gasteiger partial charge in [-0.2, -0.15) is 0 Å². The highest BCUT2D eigenvalue weighted by Gasteiger charge is 2.53. The molecule has 0 saturated carbocycles. The zero-order valence-corrected chi connectivity index (χ0v) is 37.2. The molecule has 2 aliphatic carbocycles. The molecule has 66 heavy (non-hydrogen) atoms. The zero-order valence-electron chi connectivity index (χ0n) is 35.5.